The molecule has 0 saturated heterocycles. The predicted octanol–water partition coefficient (Wildman–Crippen LogP) is 4.83. The monoisotopic (exact) mass is 365 g/mol. The molecule has 7 heteroatoms. The Kier molecular flexibility index (Phi) is 4.90. The highest BCUT2D eigenvalue weighted by molar-refractivity contribution is 6.36. The average Bonchev–Trinajstić information content (AvgIpc) is 2.85. The van der Waals surface area contributed by atoms with E-state index in [4.69, 9.17) is 16.3 Å². The van der Waals surface area contributed by atoms with E-state index in [9.17, 15) is 13.6 Å². The number of amides is 1. The number of hydrogen-bond acceptors (Lipinski definition) is 3. The van der Waals surface area contributed by atoms with Crippen molar-refractivity contribution in [3.8, 4) is 11.5 Å². The third-order valence-corrected chi connectivity index (χ3v) is 3.82. The average molecular weight is 366 g/mol. The number of rotatable bonds is 5. The smallest absolute Gasteiger partial charge is 0.387 e. The van der Waals surface area contributed by atoms with Gasteiger partial charge in [-0.05, 0) is 31.2 Å². The second kappa shape index (κ2) is 7.11. The van der Waals surface area contributed by atoms with Crippen LogP contribution >= 0.6 is 11.6 Å². The van der Waals surface area contributed by atoms with Crippen molar-refractivity contribution in [1.82, 2.24) is 0 Å². The normalized spacial score (nSPS) is 14.6. The van der Waals surface area contributed by atoms with Crippen LogP contribution in [0.1, 0.15) is 18.1 Å². The van der Waals surface area contributed by atoms with Crippen LogP contribution in [0, 0.1) is 0 Å². The van der Waals surface area contributed by atoms with E-state index in [0.29, 0.717) is 34.0 Å². The zero-order valence-corrected chi connectivity index (χ0v) is 13.9. The molecule has 1 N–H and O–H groups in total. The number of para-hydroxylation sites is 1. The Balaban J connectivity index is 2.10. The first-order valence-electron chi connectivity index (χ1n) is 7.53. The third-order valence-electron chi connectivity index (χ3n) is 3.58. The first kappa shape index (κ1) is 17.2. The van der Waals surface area contributed by atoms with Gasteiger partial charge >= 0.3 is 6.61 Å². The van der Waals surface area contributed by atoms with Crippen molar-refractivity contribution in [1.29, 1.82) is 0 Å². The Hall–Kier alpha value is -2.60. The van der Waals surface area contributed by atoms with Crippen LogP contribution < -0.4 is 14.8 Å². The number of anilines is 1. The molecule has 0 unspecified atom stereocenters. The quantitative estimate of drug-likeness (QED) is 0.772. The van der Waals surface area contributed by atoms with Crippen molar-refractivity contribution >= 4 is 34.8 Å². The van der Waals surface area contributed by atoms with Crippen LogP contribution in [0.2, 0.25) is 5.02 Å². The number of carbonyl (C=O) groups is 1. The van der Waals surface area contributed by atoms with E-state index in [2.05, 4.69) is 10.1 Å². The van der Waals surface area contributed by atoms with Crippen molar-refractivity contribution in [2.45, 2.75) is 13.5 Å². The summed E-state index contributed by atoms with van der Waals surface area (Å²) in [5.74, 6) is -0.268. The molecular weight excluding hydrogens is 352 g/mol. The van der Waals surface area contributed by atoms with E-state index >= 15 is 0 Å². The summed E-state index contributed by atoms with van der Waals surface area (Å²) in [6, 6.07) is 9.73. The van der Waals surface area contributed by atoms with E-state index in [0.717, 1.165) is 0 Å². The number of fused-ring (bicyclic) bond motifs is 1. The minimum atomic E-state index is -3.01. The zero-order chi connectivity index (χ0) is 18.0. The number of nitrogens with one attached hydrogen (secondary N) is 1. The van der Waals surface area contributed by atoms with Gasteiger partial charge in [-0.3, -0.25) is 4.79 Å². The van der Waals surface area contributed by atoms with Crippen molar-refractivity contribution in [2.24, 2.45) is 0 Å². The summed E-state index contributed by atoms with van der Waals surface area (Å²) in [4.78, 5) is 12.2. The lowest BCUT2D eigenvalue weighted by Gasteiger charge is -2.14. The first-order chi connectivity index (χ1) is 12.0. The minimum absolute atomic E-state index is 0.109. The lowest BCUT2D eigenvalue weighted by Crippen LogP contribution is -2.07. The van der Waals surface area contributed by atoms with Crippen LogP contribution in [-0.4, -0.2) is 19.1 Å². The highest BCUT2D eigenvalue weighted by Crippen LogP contribution is 2.39. The Morgan fingerprint density at radius 3 is 2.80 bits per heavy atom. The van der Waals surface area contributed by atoms with Gasteiger partial charge in [0, 0.05) is 21.7 Å². The number of alkyl halides is 2. The molecule has 130 valence electrons. The van der Waals surface area contributed by atoms with E-state index < -0.39 is 6.61 Å². The van der Waals surface area contributed by atoms with Gasteiger partial charge in [-0.2, -0.15) is 8.78 Å². The fourth-order valence-corrected chi connectivity index (χ4v) is 2.77. The van der Waals surface area contributed by atoms with E-state index in [-0.39, 0.29) is 17.4 Å². The maximum atomic E-state index is 12.8. The maximum absolute atomic E-state index is 12.8. The van der Waals surface area contributed by atoms with E-state index in [1.807, 2.05) is 0 Å². The zero-order valence-electron chi connectivity index (χ0n) is 13.2. The van der Waals surface area contributed by atoms with Crippen molar-refractivity contribution in [3.05, 3.63) is 52.5 Å². The van der Waals surface area contributed by atoms with Crippen LogP contribution in [0.5, 0.6) is 11.5 Å². The Morgan fingerprint density at radius 1 is 1.28 bits per heavy atom. The molecule has 0 aromatic heterocycles. The first-order valence-corrected chi connectivity index (χ1v) is 7.91. The molecule has 1 amide bonds. The van der Waals surface area contributed by atoms with Gasteiger partial charge in [0.25, 0.3) is 5.91 Å². The molecule has 3 rings (SSSR count). The van der Waals surface area contributed by atoms with Crippen molar-refractivity contribution < 1.29 is 23.0 Å². The molecule has 1 aliphatic heterocycles. The molecule has 0 aliphatic carbocycles. The van der Waals surface area contributed by atoms with E-state index in [1.165, 1.54) is 12.1 Å². The Labute approximate surface area is 148 Å². The summed E-state index contributed by atoms with van der Waals surface area (Å²) in [7, 11) is 0. The van der Waals surface area contributed by atoms with Gasteiger partial charge < -0.3 is 14.8 Å². The minimum Gasteiger partial charge on any atom is -0.490 e. The van der Waals surface area contributed by atoms with Gasteiger partial charge in [-0.25, -0.2) is 0 Å². The summed E-state index contributed by atoms with van der Waals surface area (Å²) in [6.07, 6.45) is 1.50. The molecule has 4 nitrogen and oxygen atoms in total. The lowest BCUT2D eigenvalue weighted by atomic mass is 10.0. The number of carbonyl (C=O) groups excluding carboxylic acids is 1. The third kappa shape index (κ3) is 3.58. The van der Waals surface area contributed by atoms with Crippen molar-refractivity contribution in [2.75, 3.05) is 11.9 Å². The van der Waals surface area contributed by atoms with Crippen molar-refractivity contribution in [3.63, 3.8) is 0 Å². The molecule has 0 spiro atoms. The summed E-state index contributed by atoms with van der Waals surface area (Å²) in [6.45, 7) is -0.981. The fourth-order valence-electron chi connectivity index (χ4n) is 2.60. The predicted molar refractivity (Wildman–Crippen MR) is 92.2 cm³/mol. The number of halogens is 3. The molecule has 2 aromatic carbocycles. The largest absolute Gasteiger partial charge is 0.490 e. The van der Waals surface area contributed by atoms with Gasteiger partial charge in [0.1, 0.15) is 0 Å². The molecular formula is C18H14ClF2NO3. The van der Waals surface area contributed by atoms with Gasteiger partial charge in [0.2, 0.25) is 0 Å². The summed E-state index contributed by atoms with van der Waals surface area (Å²) in [5, 5.41) is 3.18. The second-order valence-corrected chi connectivity index (χ2v) is 5.62. The number of benzene rings is 2. The van der Waals surface area contributed by atoms with Crippen LogP contribution in [0.4, 0.5) is 14.5 Å². The standard InChI is InChI=1S/C18H14ClF2NO3/c1-2-24-15-5-3-4-10(16(15)25-18(20)21)8-13-12-7-6-11(19)9-14(12)22-17(13)23/h3-9,18H,2H2,1H3,(H,22,23)/b13-8+. The SMILES string of the molecule is CCOc1cccc(/C=C2/C(=O)Nc3cc(Cl)ccc32)c1OC(F)F. The summed E-state index contributed by atoms with van der Waals surface area (Å²) >= 11 is 5.93. The molecule has 0 atom stereocenters. The summed E-state index contributed by atoms with van der Waals surface area (Å²) < 4.78 is 35.6. The fraction of sp³-hybridized carbons (Fsp3) is 0.167. The molecule has 0 fully saturated rings. The molecule has 1 aliphatic rings. The topological polar surface area (TPSA) is 47.6 Å². The highest BCUT2D eigenvalue weighted by Gasteiger charge is 2.25. The molecule has 2 aromatic rings. The molecule has 0 bridgehead atoms. The summed E-state index contributed by atoms with van der Waals surface area (Å²) in [5.41, 5.74) is 1.86. The molecule has 0 radical (unpaired) electrons. The van der Waals surface area contributed by atoms with Crippen LogP contribution in [0.3, 0.4) is 0 Å². The molecule has 0 saturated carbocycles. The lowest BCUT2D eigenvalue weighted by molar-refractivity contribution is -0.110. The molecule has 1 heterocycles. The van der Waals surface area contributed by atoms with Crippen LogP contribution in [0.15, 0.2) is 36.4 Å². The Bertz CT molecular complexity index is 852. The molecule has 25 heavy (non-hydrogen) atoms. The van der Waals surface area contributed by atoms with E-state index in [1.54, 1.807) is 37.3 Å². The van der Waals surface area contributed by atoms with Gasteiger partial charge in [0.05, 0.1) is 12.3 Å². The maximum Gasteiger partial charge on any atom is 0.387 e. The van der Waals surface area contributed by atoms with Gasteiger partial charge in [-0.15, -0.1) is 0 Å². The number of ether oxygens (including phenoxy) is 2. The van der Waals surface area contributed by atoms with Crippen LogP contribution in [0.25, 0.3) is 11.6 Å². The van der Waals surface area contributed by atoms with Gasteiger partial charge in [-0.1, -0.05) is 29.8 Å². The van der Waals surface area contributed by atoms with Crippen LogP contribution in [-0.2, 0) is 4.79 Å². The highest BCUT2D eigenvalue weighted by atomic mass is 35.5. The van der Waals surface area contributed by atoms with Gasteiger partial charge in [0.15, 0.2) is 11.5 Å². The number of hydrogen-bond donors (Lipinski definition) is 1. The Morgan fingerprint density at radius 2 is 2.08 bits per heavy atom. The second-order valence-electron chi connectivity index (χ2n) is 5.19.